The van der Waals surface area contributed by atoms with Crippen molar-refractivity contribution in [2.24, 2.45) is 0 Å². The van der Waals surface area contributed by atoms with Crippen molar-refractivity contribution < 1.29 is 9.15 Å². The molecule has 0 bridgehead atoms. The van der Waals surface area contributed by atoms with E-state index in [1.54, 1.807) is 0 Å². The molecule has 1 aromatic heterocycles. The highest BCUT2D eigenvalue weighted by molar-refractivity contribution is 6.12. The fraction of sp³-hybridized carbons (Fsp3) is 0.0164. The molecule has 0 N–H and O–H groups in total. The van der Waals surface area contributed by atoms with Gasteiger partial charge in [-0.2, -0.15) is 0 Å². The van der Waals surface area contributed by atoms with Crippen LogP contribution in [-0.4, -0.2) is 0 Å². The Morgan fingerprint density at radius 1 is 0.323 bits per heavy atom. The lowest BCUT2D eigenvalue weighted by Crippen LogP contribution is -2.32. The first-order valence-corrected chi connectivity index (χ1v) is 22.2. The van der Waals surface area contributed by atoms with Crippen LogP contribution < -0.4 is 14.5 Å². The number of furan rings is 1. The van der Waals surface area contributed by atoms with Crippen molar-refractivity contribution in [3.05, 3.63) is 265 Å². The highest BCUT2D eigenvalue weighted by Crippen LogP contribution is 2.62. The molecule has 0 saturated heterocycles. The molecule has 65 heavy (non-hydrogen) atoms. The van der Waals surface area contributed by atoms with Crippen LogP contribution in [0.3, 0.4) is 0 Å². The first kappa shape index (κ1) is 37.0. The number of nitrogens with zero attached hydrogens (tertiary/aromatic N) is 2. The fourth-order valence-corrected chi connectivity index (χ4v) is 10.6. The molecule has 1 aliphatic heterocycles. The predicted molar refractivity (Wildman–Crippen MR) is 266 cm³/mol. The third-order valence-electron chi connectivity index (χ3n) is 13.3. The molecule has 11 aromatic rings. The van der Waals surface area contributed by atoms with Crippen molar-refractivity contribution in [1.82, 2.24) is 0 Å². The summed E-state index contributed by atoms with van der Waals surface area (Å²) >= 11 is 0. The van der Waals surface area contributed by atoms with Gasteiger partial charge in [-0.05, 0) is 124 Å². The summed E-state index contributed by atoms with van der Waals surface area (Å²) in [4.78, 5) is 4.68. The Balaban J connectivity index is 1.02. The minimum atomic E-state index is -0.583. The summed E-state index contributed by atoms with van der Waals surface area (Å²) in [5.74, 6) is 1.74. The van der Waals surface area contributed by atoms with Crippen molar-refractivity contribution in [3.8, 4) is 33.8 Å². The van der Waals surface area contributed by atoms with E-state index in [9.17, 15) is 0 Å². The standard InChI is InChI=1S/C61H40N2O2/c1-4-20-43(21-5-1)62(47-35-36-59-55(40-47)61(54-32-15-17-34-58(54)64-59)52-30-13-10-27-48(52)49-28-11-14-31-53(49)61)46-26-18-19-41(37-46)42-38-51-50-29-12-16-33-57(50)65-60(51)56(39-42)63(44-22-6-2-7-23-44)45-24-8-3-9-25-45/h1-40H. The van der Waals surface area contributed by atoms with Crippen LogP contribution in [0.15, 0.2) is 247 Å². The summed E-state index contributed by atoms with van der Waals surface area (Å²) in [6.45, 7) is 0. The fourth-order valence-electron chi connectivity index (χ4n) is 10.6. The molecule has 0 unspecified atom stereocenters. The molecular formula is C61H40N2O2. The van der Waals surface area contributed by atoms with E-state index in [1.807, 2.05) is 6.07 Å². The van der Waals surface area contributed by atoms with Crippen LogP contribution in [0.5, 0.6) is 11.5 Å². The quantitative estimate of drug-likeness (QED) is 0.160. The number of fused-ring (bicyclic) bond motifs is 12. The number of benzene rings is 10. The van der Waals surface area contributed by atoms with Crippen molar-refractivity contribution in [2.45, 2.75) is 5.41 Å². The highest BCUT2D eigenvalue weighted by atomic mass is 16.5. The van der Waals surface area contributed by atoms with Gasteiger partial charge in [-0.1, -0.05) is 152 Å². The van der Waals surface area contributed by atoms with Crippen LogP contribution in [0, 0.1) is 0 Å². The maximum atomic E-state index is 6.84. The molecule has 0 radical (unpaired) electrons. The Labute approximate surface area is 377 Å². The van der Waals surface area contributed by atoms with E-state index >= 15 is 0 Å². The Bertz CT molecular complexity index is 3510. The second-order valence-corrected chi connectivity index (χ2v) is 16.8. The summed E-state index contributed by atoms with van der Waals surface area (Å²) < 4.78 is 13.6. The zero-order valence-corrected chi connectivity index (χ0v) is 35.3. The number of ether oxygens (including phenoxy) is 1. The topological polar surface area (TPSA) is 28.9 Å². The third-order valence-corrected chi connectivity index (χ3v) is 13.3. The molecule has 1 spiro atoms. The molecule has 0 fully saturated rings. The lowest BCUT2D eigenvalue weighted by Gasteiger charge is -2.40. The number of rotatable bonds is 7. The van der Waals surface area contributed by atoms with E-state index in [4.69, 9.17) is 9.15 Å². The smallest absolute Gasteiger partial charge is 0.159 e. The molecule has 13 rings (SSSR count). The van der Waals surface area contributed by atoms with Crippen LogP contribution in [0.25, 0.3) is 44.2 Å². The SMILES string of the molecule is c1ccc(N(c2cccc(-c3cc(N(c4ccccc4)c4ccccc4)c4oc5ccccc5c4c3)c2)c2ccc3c(c2)C2(c4ccccc4O3)c3ccccc3-c3ccccc32)cc1. The number of anilines is 6. The van der Waals surface area contributed by atoms with Crippen LogP contribution in [0.4, 0.5) is 34.1 Å². The number of para-hydroxylation sites is 5. The van der Waals surface area contributed by atoms with E-state index in [2.05, 4.69) is 246 Å². The summed E-state index contributed by atoms with van der Waals surface area (Å²) in [7, 11) is 0. The van der Waals surface area contributed by atoms with Gasteiger partial charge in [0, 0.05) is 50.3 Å². The summed E-state index contributed by atoms with van der Waals surface area (Å²) in [5, 5.41) is 2.14. The van der Waals surface area contributed by atoms with Crippen LogP contribution in [-0.2, 0) is 5.41 Å². The Morgan fingerprint density at radius 2 is 0.862 bits per heavy atom. The average Bonchev–Trinajstić information content (AvgIpc) is 3.90. The van der Waals surface area contributed by atoms with E-state index in [1.165, 1.54) is 22.3 Å². The Hall–Kier alpha value is -8.60. The molecule has 4 heteroatoms. The second-order valence-electron chi connectivity index (χ2n) is 16.8. The molecule has 306 valence electrons. The van der Waals surface area contributed by atoms with Gasteiger partial charge in [0.1, 0.15) is 17.1 Å². The van der Waals surface area contributed by atoms with E-state index < -0.39 is 5.41 Å². The molecule has 4 nitrogen and oxygen atoms in total. The molecular weight excluding hydrogens is 793 g/mol. The third kappa shape index (κ3) is 5.71. The first-order chi connectivity index (χ1) is 32.2. The maximum Gasteiger partial charge on any atom is 0.159 e. The van der Waals surface area contributed by atoms with Gasteiger partial charge in [-0.25, -0.2) is 0 Å². The van der Waals surface area contributed by atoms with Gasteiger partial charge >= 0.3 is 0 Å². The summed E-state index contributed by atoms with van der Waals surface area (Å²) in [6, 6.07) is 86.7. The maximum absolute atomic E-state index is 6.84. The Morgan fingerprint density at radius 3 is 1.55 bits per heavy atom. The van der Waals surface area contributed by atoms with E-state index in [0.29, 0.717) is 0 Å². The molecule has 2 aliphatic rings. The first-order valence-electron chi connectivity index (χ1n) is 22.2. The molecule has 0 saturated carbocycles. The summed E-state index contributed by atoms with van der Waals surface area (Å²) in [5.41, 5.74) is 16.8. The normalized spacial score (nSPS) is 12.9. The largest absolute Gasteiger partial charge is 0.457 e. The number of hydrogen-bond donors (Lipinski definition) is 0. The number of hydrogen-bond acceptors (Lipinski definition) is 4. The van der Waals surface area contributed by atoms with Crippen LogP contribution in [0.2, 0.25) is 0 Å². The molecule has 2 heterocycles. The summed E-state index contributed by atoms with van der Waals surface area (Å²) in [6.07, 6.45) is 0. The van der Waals surface area contributed by atoms with Crippen molar-refractivity contribution in [2.75, 3.05) is 9.80 Å². The lowest BCUT2D eigenvalue weighted by atomic mass is 9.66. The van der Waals surface area contributed by atoms with Gasteiger partial charge in [0.2, 0.25) is 0 Å². The highest BCUT2D eigenvalue weighted by Gasteiger charge is 2.51. The van der Waals surface area contributed by atoms with Gasteiger partial charge in [0.15, 0.2) is 5.58 Å². The van der Waals surface area contributed by atoms with Crippen molar-refractivity contribution in [3.63, 3.8) is 0 Å². The van der Waals surface area contributed by atoms with Gasteiger partial charge in [-0.3, -0.25) is 0 Å². The average molecular weight is 833 g/mol. The molecule has 0 amide bonds. The van der Waals surface area contributed by atoms with Gasteiger partial charge in [0.05, 0.1) is 11.1 Å². The van der Waals surface area contributed by atoms with E-state index in [-0.39, 0.29) is 0 Å². The Kier molecular flexibility index (Phi) is 8.40. The van der Waals surface area contributed by atoms with Crippen LogP contribution in [0.1, 0.15) is 22.3 Å². The zero-order chi connectivity index (χ0) is 42.9. The zero-order valence-electron chi connectivity index (χ0n) is 35.3. The van der Waals surface area contributed by atoms with E-state index in [0.717, 1.165) is 89.8 Å². The molecule has 1 aliphatic carbocycles. The monoisotopic (exact) mass is 832 g/mol. The minimum absolute atomic E-state index is 0.583. The van der Waals surface area contributed by atoms with Crippen LogP contribution >= 0.6 is 0 Å². The van der Waals surface area contributed by atoms with Gasteiger partial charge in [0.25, 0.3) is 0 Å². The predicted octanol–water partition coefficient (Wildman–Crippen LogP) is 16.7. The molecule has 0 atom stereocenters. The second kappa shape index (κ2) is 14.8. The van der Waals surface area contributed by atoms with Gasteiger partial charge < -0.3 is 19.0 Å². The lowest BCUT2D eigenvalue weighted by molar-refractivity contribution is 0.436. The minimum Gasteiger partial charge on any atom is -0.457 e. The van der Waals surface area contributed by atoms with Crippen molar-refractivity contribution in [1.29, 1.82) is 0 Å². The van der Waals surface area contributed by atoms with Gasteiger partial charge in [-0.15, -0.1) is 0 Å². The van der Waals surface area contributed by atoms with Crippen molar-refractivity contribution >= 4 is 56.1 Å². The molecule has 10 aromatic carbocycles.